The highest BCUT2D eigenvalue weighted by atomic mass is 28.4. The van der Waals surface area contributed by atoms with Crippen LogP contribution in [0, 0.1) is 40.9 Å². The molecule has 4 fully saturated rings. The molecule has 2 nitrogen and oxygen atoms in total. The summed E-state index contributed by atoms with van der Waals surface area (Å²) in [5, 5.41) is 0.614. The lowest BCUT2D eigenvalue weighted by Gasteiger charge is -2.57. The maximum atomic E-state index is 7.03. The van der Waals surface area contributed by atoms with Gasteiger partial charge in [-0.15, -0.1) is 0 Å². The molecule has 36 heavy (non-hydrogen) atoms. The summed E-state index contributed by atoms with van der Waals surface area (Å²) in [6.45, 7) is 29.3. The van der Waals surface area contributed by atoms with Crippen molar-refractivity contribution in [1.82, 2.24) is 0 Å². The van der Waals surface area contributed by atoms with E-state index in [9.17, 15) is 0 Å². The highest BCUT2D eigenvalue weighted by Gasteiger charge is 2.58. The van der Waals surface area contributed by atoms with Crippen LogP contribution in [-0.4, -0.2) is 28.8 Å². The highest BCUT2D eigenvalue weighted by molar-refractivity contribution is 6.74. The van der Waals surface area contributed by atoms with E-state index in [4.69, 9.17) is 8.85 Å². The molecular formula is C32H62O2Si2. The molecule has 0 saturated heterocycles. The van der Waals surface area contributed by atoms with Gasteiger partial charge in [-0.05, 0) is 142 Å². The molecule has 0 spiro atoms. The Kier molecular flexibility index (Phi) is 7.96. The second kappa shape index (κ2) is 9.77. The van der Waals surface area contributed by atoms with Crippen molar-refractivity contribution < 1.29 is 8.85 Å². The predicted octanol–water partition coefficient (Wildman–Crippen LogP) is 10.1. The van der Waals surface area contributed by atoms with Gasteiger partial charge in [-0.25, -0.2) is 0 Å². The molecule has 0 N–H and O–H groups in total. The lowest BCUT2D eigenvalue weighted by atomic mass is 9.49. The fourth-order valence-electron chi connectivity index (χ4n) is 9.05. The second-order valence-corrected chi connectivity index (χ2v) is 26.6. The van der Waals surface area contributed by atoms with Gasteiger partial charge in [0.2, 0.25) is 0 Å². The van der Waals surface area contributed by atoms with Crippen molar-refractivity contribution in [3.63, 3.8) is 0 Å². The minimum Gasteiger partial charge on any atom is -0.414 e. The van der Waals surface area contributed by atoms with E-state index in [-0.39, 0.29) is 0 Å². The smallest absolute Gasteiger partial charge is 0.192 e. The van der Waals surface area contributed by atoms with E-state index in [1.807, 2.05) is 0 Å². The molecule has 0 aliphatic heterocycles. The van der Waals surface area contributed by atoms with Gasteiger partial charge in [-0.2, -0.15) is 0 Å². The summed E-state index contributed by atoms with van der Waals surface area (Å²) in [4.78, 5) is 0. The van der Waals surface area contributed by atoms with Crippen LogP contribution in [0.25, 0.3) is 0 Å². The van der Waals surface area contributed by atoms with Gasteiger partial charge in [0.1, 0.15) is 0 Å². The van der Waals surface area contributed by atoms with Crippen molar-refractivity contribution in [1.29, 1.82) is 0 Å². The molecule has 4 unspecified atom stereocenters. The lowest BCUT2D eigenvalue weighted by molar-refractivity contribution is -0.0862. The summed E-state index contributed by atoms with van der Waals surface area (Å²) < 4.78 is 14.0. The Hall–Kier alpha value is 0.354. The van der Waals surface area contributed by atoms with Gasteiger partial charge in [-0.3, -0.25) is 0 Å². The molecular weight excluding hydrogens is 473 g/mol. The van der Waals surface area contributed by atoms with Crippen molar-refractivity contribution in [3.8, 4) is 0 Å². The van der Waals surface area contributed by atoms with Crippen LogP contribution in [0.4, 0.5) is 0 Å². The first-order valence-electron chi connectivity index (χ1n) is 15.7. The van der Waals surface area contributed by atoms with Crippen molar-refractivity contribution in [2.24, 2.45) is 40.9 Å². The SMILES string of the molecule is C[C@@H](O[Si](C)(C)C(C)(C)C)[C@H]1CCC2C3CC[C@H]4C[C@@H](O[Si](C)(C)C(C)(C)C)CCC4C3CC[C@@]21C. The average molecular weight is 535 g/mol. The van der Waals surface area contributed by atoms with E-state index < -0.39 is 16.6 Å². The fourth-order valence-corrected chi connectivity index (χ4v) is 11.9. The molecule has 4 aliphatic rings. The number of rotatable bonds is 5. The molecule has 210 valence electrons. The van der Waals surface area contributed by atoms with E-state index in [1.165, 1.54) is 57.8 Å². The van der Waals surface area contributed by atoms with E-state index in [0.717, 1.165) is 35.5 Å². The molecule has 9 atom stereocenters. The summed E-state index contributed by atoms with van der Waals surface area (Å²) in [7, 11) is -3.40. The quantitative estimate of drug-likeness (QED) is 0.327. The summed E-state index contributed by atoms with van der Waals surface area (Å²) in [6.07, 6.45) is 13.8. The van der Waals surface area contributed by atoms with Crippen LogP contribution < -0.4 is 0 Å². The van der Waals surface area contributed by atoms with E-state index in [0.29, 0.717) is 27.7 Å². The van der Waals surface area contributed by atoms with E-state index in [2.05, 4.69) is 81.6 Å². The Balaban J connectivity index is 1.41. The Morgan fingerprint density at radius 1 is 0.722 bits per heavy atom. The molecule has 0 amide bonds. The van der Waals surface area contributed by atoms with Crippen molar-refractivity contribution in [3.05, 3.63) is 0 Å². The second-order valence-electron chi connectivity index (χ2n) is 17.1. The van der Waals surface area contributed by atoms with Crippen molar-refractivity contribution in [2.75, 3.05) is 0 Å². The number of hydrogen-bond acceptors (Lipinski definition) is 2. The standard InChI is InChI=1S/C32H62O2Si2/c1-22(33-35(9,10)30(2,3)4)28-17-18-29-27-15-13-23-21-24(34-36(11,12)31(5,6)7)14-16-25(23)26(27)19-20-32(28,29)8/h22-29H,13-21H2,1-12H3/t22-,23+,24+,25?,26?,27?,28-,29?,32-/m1/s1. The first kappa shape index (κ1) is 29.3. The number of hydrogen-bond donors (Lipinski definition) is 0. The molecule has 0 bridgehead atoms. The zero-order chi connectivity index (χ0) is 26.9. The van der Waals surface area contributed by atoms with Gasteiger partial charge in [-0.1, -0.05) is 48.5 Å². The van der Waals surface area contributed by atoms with Gasteiger partial charge in [0.15, 0.2) is 16.6 Å². The Morgan fingerprint density at radius 2 is 1.33 bits per heavy atom. The Bertz CT molecular complexity index is 778. The van der Waals surface area contributed by atoms with Crippen LogP contribution in [0.2, 0.25) is 36.3 Å². The normalized spacial score (nSPS) is 40.8. The van der Waals surface area contributed by atoms with Gasteiger partial charge >= 0.3 is 0 Å². The Labute approximate surface area is 227 Å². The Morgan fingerprint density at radius 3 is 1.94 bits per heavy atom. The van der Waals surface area contributed by atoms with Crippen molar-refractivity contribution >= 4 is 16.6 Å². The van der Waals surface area contributed by atoms with E-state index in [1.54, 1.807) is 0 Å². The third kappa shape index (κ3) is 5.25. The van der Waals surface area contributed by atoms with Crippen molar-refractivity contribution in [2.45, 2.75) is 162 Å². The maximum absolute atomic E-state index is 7.03. The number of fused-ring (bicyclic) bond motifs is 5. The summed E-state index contributed by atoms with van der Waals surface area (Å²) >= 11 is 0. The molecule has 4 saturated carbocycles. The first-order chi connectivity index (χ1) is 16.4. The van der Waals surface area contributed by atoms with Gasteiger partial charge in [0, 0.05) is 12.2 Å². The summed E-state index contributed by atoms with van der Waals surface area (Å²) in [5.41, 5.74) is 0.498. The third-order valence-electron chi connectivity index (χ3n) is 13.1. The van der Waals surface area contributed by atoms with Crippen LogP contribution in [-0.2, 0) is 8.85 Å². The average Bonchev–Trinajstić information content (AvgIpc) is 3.08. The van der Waals surface area contributed by atoms with Crippen LogP contribution in [0.1, 0.15) is 113 Å². The molecule has 4 heteroatoms. The lowest BCUT2D eigenvalue weighted by Crippen LogP contribution is -2.52. The third-order valence-corrected chi connectivity index (χ3v) is 22.2. The maximum Gasteiger partial charge on any atom is 0.192 e. The van der Waals surface area contributed by atoms with Crippen LogP contribution in [0.15, 0.2) is 0 Å². The molecule has 0 heterocycles. The molecule has 0 aromatic carbocycles. The molecule has 0 aromatic rings. The molecule has 0 radical (unpaired) electrons. The van der Waals surface area contributed by atoms with Gasteiger partial charge < -0.3 is 8.85 Å². The zero-order valence-electron chi connectivity index (χ0n) is 26.3. The molecule has 4 rings (SSSR count). The fraction of sp³-hybridized carbons (Fsp3) is 1.00. The topological polar surface area (TPSA) is 18.5 Å². The van der Waals surface area contributed by atoms with Gasteiger partial charge in [0.25, 0.3) is 0 Å². The first-order valence-corrected chi connectivity index (χ1v) is 21.5. The van der Waals surface area contributed by atoms with E-state index >= 15 is 0 Å². The predicted molar refractivity (Wildman–Crippen MR) is 160 cm³/mol. The summed E-state index contributed by atoms with van der Waals surface area (Å²) in [5.74, 6) is 5.57. The highest BCUT2D eigenvalue weighted by Crippen LogP contribution is 2.65. The zero-order valence-corrected chi connectivity index (χ0v) is 28.3. The molecule has 0 aromatic heterocycles. The molecule has 4 aliphatic carbocycles. The minimum absolute atomic E-state index is 0.295. The monoisotopic (exact) mass is 534 g/mol. The van der Waals surface area contributed by atoms with Gasteiger partial charge in [0.05, 0.1) is 0 Å². The minimum atomic E-state index is -1.73. The van der Waals surface area contributed by atoms with Crippen LogP contribution >= 0.6 is 0 Å². The largest absolute Gasteiger partial charge is 0.414 e. The van der Waals surface area contributed by atoms with Crippen LogP contribution in [0.5, 0.6) is 0 Å². The summed E-state index contributed by atoms with van der Waals surface area (Å²) in [6, 6.07) is 0. The van der Waals surface area contributed by atoms with Crippen LogP contribution in [0.3, 0.4) is 0 Å².